The van der Waals surface area contributed by atoms with Crippen LogP contribution in [0.1, 0.15) is 32.8 Å². The van der Waals surface area contributed by atoms with E-state index in [1.54, 1.807) is 0 Å². The molecule has 1 aromatic rings. The van der Waals surface area contributed by atoms with E-state index in [1.165, 1.54) is 14.0 Å². The predicted octanol–water partition coefficient (Wildman–Crippen LogP) is 0.852. The van der Waals surface area contributed by atoms with E-state index in [2.05, 4.69) is 28.6 Å². The van der Waals surface area contributed by atoms with Crippen molar-refractivity contribution in [2.24, 2.45) is 5.92 Å². The zero-order valence-corrected chi connectivity index (χ0v) is 18.7. The number of methoxy groups -OCH3 is 1. The van der Waals surface area contributed by atoms with E-state index >= 15 is 0 Å². The van der Waals surface area contributed by atoms with Gasteiger partial charge in [-0.25, -0.2) is 4.79 Å². The van der Waals surface area contributed by atoms with E-state index in [9.17, 15) is 19.2 Å². The van der Waals surface area contributed by atoms with Gasteiger partial charge in [0.1, 0.15) is 18.1 Å². The van der Waals surface area contributed by atoms with Crippen LogP contribution in [0, 0.1) is 5.92 Å². The molecular weight excluding hydrogens is 406 g/mol. The van der Waals surface area contributed by atoms with Crippen molar-refractivity contribution in [1.29, 1.82) is 0 Å². The molecule has 9 heteroatoms. The number of ether oxygens (including phenoxy) is 1. The molecule has 0 heterocycles. The summed E-state index contributed by atoms with van der Waals surface area (Å²) >= 11 is 3.86. The molecule has 1 aromatic carbocycles. The second-order valence-corrected chi connectivity index (χ2v) is 7.41. The SMILES string of the molecule is CC[C@H](C)[C@H](NC(=O)[C@H](C)NC(=O)CS)C(=O)N[C@@H](Cc1ccccc1)C(=O)OC. The lowest BCUT2D eigenvalue weighted by molar-refractivity contribution is -0.145. The van der Waals surface area contributed by atoms with Crippen LogP contribution >= 0.6 is 12.6 Å². The quantitative estimate of drug-likeness (QED) is 0.303. The molecule has 3 amide bonds. The van der Waals surface area contributed by atoms with Crippen molar-refractivity contribution in [3.63, 3.8) is 0 Å². The number of esters is 1. The van der Waals surface area contributed by atoms with Crippen LogP contribution in [-0.2, 0) is 30.3 Å². The molecule has 3 N–H and O–H groups in total. The lowest BCUT2D eigenvalue weighted by atomic mass is 9.97. The summed E-state index contributed by atoms with van der Waals surface area (Å²) in [6.07, 6.45) is 0.881. The minimum atomic E-state index is -0.894. The molecule has 0 radical (unpaired) electrons. The van der Waals surface area contributed by atoms with Crippen molar-refractivity contribution in [2.45, 2.75) is 51.7 Å². The third-order valence-corrected chi connectivity index (χ3v) is 5.08. The van der Waals surface area contributed by atoms with Gasteiger partial charge in [-0.2, -0.15) is 12.6 Å². The van der Waals surface area contributed by atoms with E-state index in [0.29, 0.717) is 6.42 Å². The Morgan fingerprint density at radius 1 is 1.00 bits per heavy atom. The molecular formula is C21H31N3O5S. The standard InChI is InChI=1S/C21H31N3O5S/c1-5-13(2)18(24-19(26)14(3)22-17(25)12-30)20(27)23-16(21(28)29-4)11-15-9-7-6-8-10-15/h6-10,13-14,16,18,30H,5,11-12H2,1-4H3,(H,22,25)(H,23,27)(H,24,26)/t13-,14-,16-,18-/m0/s1. The van der Waals surface area contributed by atoms with Gasteiger partial charge in [-0.1, -0.05) is 50.6 Å². The first-order valence-corrected chi connectivity index (χ1v) is 10.5. The highest BCUT2D eigenvalue weighted by Crippen LogP contribution is 2.11. The van der Waals surface area contributed by atoms with Gasteiger partial charge in [-0.05, 0) is 18.4 Å². The molecule has 0 saturated heterocycles. The maximum Gasteiger partial charge on any atom is 0.328 e. The van der Waals surface area contributed by atoms with E-state index in [1.807, 2.05) is 44.2 Å². The molecule has 0 aliphatic heterocycles. The van der Waals surface area contributed by atoms with Crippen LogP contribution in [0.3, 0.4) is 0 Å². The summed E-state index contributed by atoms with van der Waals surface area (Å²) in [4.78, 5) is 49.1. The van der Waals surface area contributed by atoms with Crippen LogP contribution in [0.2, 0.25) is 0 Å². The second-order valence-electron chi connectivity index (χ2n) is 7.09. The minimum absolute atomic E-state index is 0.0484. The lowest BCUT2D eigenvalue weighted by Gasteiger charge is -2.27. The van der Waals surface area contributed by atoms with Crippen molar-refractivity contribution in [1.82, 2.24) is 16.0 Å². The van der Waals surface area contributed by atoms with Gasteiger partial charge in [0, 0.05) is 6.42 Å². The topological polar surface area (TPSA) is 114 Å². The maximum absolute atomic E-state index is 13.0. The Morgan fingerprint density at radius 3 is 2.17 bits per heavy atom. The first kappa shape index (κ1) is 25.5. The van der Waals surface area contributed by atoms with Gasteiger partial charge in [0.05, 0.1) is 12.9 Å². The molecule has 0 spiro atoms. The van der Waals surface area contributed by atoms with Crippen molar-refractivity contribution < 1.29 is 23.9 Å². The normalized spacial score (nSPS) is 14.6. The largest absolute Gasteiger partial charge is 0.467 e. The molecule has 30 heavy (non-hydrogen) atoms. The van der Waals surface area contributed by atoms with Crippen LogP contribution < -0.4 is 16.0 Å². The van der Waals surface area contributed by atoms with Gasteiger partial charge in [0.15, 0.2) is 0 Å². The fourth-order valence-corrected chi connectivity index (χ4v) is 2.87. The van der Waals surface area contributed by atoms with Gasteiger partial charge < -0.3 is 20.7 Å². The Morgan fingerprint density at radius 2 is 1.63 bits per heavy atom. The number of rotatable bonds is 11. The number of nitrogens with one attached hydrogen (secondary N) is 3. The zero-order valence-electron chi connectivity index (χ0n) is 17.8. The summed E-state index contributed by atoms with van der Waals surface area (Å²) in [6.45, 7) is 5.24. The summed E-state index contributed by atoms with van der Waals surface area (Å²) in [7, 11) is 1.26. The fourth-order valence-electron chi connectivity index (χ4n) is 2.78. The smallest absolute Gasteiger partial charge is 0.328 e. The van der Waals surface area contributed by atoms with Crippen molar-refractivity contribution in [3.05, 3.63) is 35.9 Å². The van der Waals surface area contributed by atoms with Gasteiger partial charge in [0.25, 0.3) is 0 Å². The Hall–Kier alpha value is -2.55. The van der Waals surface area contributed by atoms with E-state index in [4.69, 9.17) is 4.74 Å². The van der Waals surface area contributed by atoms with E-state index in [0.717, 1.165) is 5.56 Å². The summed E-state index contributed by atoms with van der Waals surface area (Å²) in [5, 5.41) is 7.88. The average Bonchev–Trinajstić information content (AvgIpc) is 2.75. The van der Waals surface area contributed by atoms with Crippen molar-refractivity contribution in [2.75, 3.05) is 12.9 Å². The van der Waals surface area contributed by atoms with Crippen molar-refractivity contribution in [3.8, 4) is 0 Å². The van der Waals surface area contributed by atoms with Gasteiger partial charge in [-0.3, -0.25) is 14.4 Å². The lowest BCUT2D eigenvalue weighted by Crippen LogP contribution is -2.57. The third kappa shape index (κ3) is 8.06. The van der Waals surface area contributed by atoms with Gasteiger partial charge in [-0.15, -0.1) is 0 Å². The molecule has 8 nitrogen and oxygen atoms in total. The van der Waals surface area contributed by atoms with Crippen LogP contribution in [0.4, 0.5) is 0 Å². The zero-order chi connectivity index (χ0) is 22.7. The first-order chi connectivity index (χ1) is 14.2. The number of carbonyl (C=O) groups excluding carboxylic acids is 4. The maximum atomic E-state index is 13.0. The summed E-state index contributed by atoms with van der Waals surface area (Å²) in [5.41, 5.74) is 0.861. The molecule has 0 fully saturated rings. The summed E-state index contributed by atoms with van der Waals surface area (Å²) in [6, 6.07) is 6.64. The highest BCUT2D eigenvalue weighted by Gasteiger charge is 2.31. The third-order valence-electron chi connectivity index (χ3n) is 4.79. The number of thiol groups is 1. The average molecular weight is 438 g/mol. The van der Waals surface area contributed by atoms with Gasteiger partial charge >= 0.3 is 5.97 Å². The number of benzene rings is 1. The monoisotopic (exact) mass is 437 g/mol. The van der Waals surface area contributed by atoms with Crippen LogP contribution in [-0.4, -0.2) is 54.7 Å². The Bertz CT molecular complexity index is 729. The number of carbonyl (C=O) groups is 4. The first-order valence-electron chi connectivity index (χ1n) is 9.86. The number of amides is 3. The minimum Gasteiger partial charge on any atom is -0.467 e. The highest BCUT2D eigenvalue weighted by atomic mass is 32.1. The molecule has 0 aromatic heterocycles. The molecule has 0 saturated carbocycles. The van der Waals surface area contributed by atoms with Crippen LogP contribution in [0.15, 0.2) is 30.3 Å². The predicted molar refractivity (Wildman–Crippen MR) is 117 cm³/mol. The van der Waals surface area contributed by atoms with Gasteiger partial charge in [0.2, 0.25) is 17.7 Å². The Kier molecular flexibility index (Phi) is 11.0. The van der Waals surface area contributed by atoms with E-state index in [-0.39, 0.29) is 24.0 Å². The fraction of sp³-hybridized carbons (Fsp3) is 0.524. The molecule has 0 bridgehead atoms. The Labute approximate surface area is 182 Å². The van der Waals surface area contributed by atoms with Crippen LogP contribution in [0.5, 0.6) is 0 Å². The summed E-state index contributed by atoms with van der Waals surface area (Å²) in [5.74, 6) is -2.19. The number of hydrogen-bond donors (Lipinski definition) is 4. The number of hydrogen-bond acceptors (Lipinski definition) is 6. The van der Waals surface area contributed by atoms with E-state index < -0.39 is 35.9 Å². The molecule has 166 valence electrons. The molecule has 4 atom stereocenters. The molecule has 1 rings (SSSR count). The summed E-state index contributed by atoms with van der Waals surface area (Å²) < 4.78 is 4.83. The van der Waals surface area contributed by atoms with Crippen LogP contribution in [0.25, 0.3) is 0 Å². The molecule has 0 unspecified atom stereocenters. The molecule has 0 aliphatic rings. The van der Waals surface area contributed by atoms with Crippen molar-refractivity contribution >= 4 is 36.3 Å². The molecule has 0 aliphatic carbocycles. The second kappa shape index (κ2) is 12.9. The highest BCUT2D eigenvalue weighted by molar-refractivity contribution is 7.81. The Balaban J connectivity index is 2.92.